The van der Waals surface area contributed by atoms with Gasteiger partial charge in [0.15, 0.2) is 0 Å². The Kier molecular flexibility index (Phi) is 6.04. The molecule has 0 aliphatic carbocycles. The van der Waals surface area contributed by atoms with Crippen LogP contribution < -0.4 is 14.8 Å². The first-order valence-electron chi connectivity index (χ1n) is 7.41. The average Bonchev–Trinajstić information content (AvgIpc) is 2.64. The Balaban J connectivity index is 2.19. The van der Waals surface area contributed by atoms with Crippen LogP contribution in [-0.4, -0.2) is 36.2 Å². The Morgan fingerprint density at radius 1 is 1.23 bits per heavy atom. The van der Waals surface area contributed by atoms with Crippen molar-refractivity contribution in [2.24, 2.45) is 0 Å². The third-order valence-electron chi connectivity index (χ3n) is 3.43. The van der Waals surface area contributed by atoms with Crippen LogP contribution in [0.1, 0.15) is 10.4 Å². The molecule has 0 unspecified atom stereocenters. The number of carbonyl (C=O) groups is 2. The molecule has 134 valence electrons. The second kappa shape index (κ2) is 8.23. The van der Waals surface area contributed by atoms with Crippen LogP contribution >= 0.6 is 11.6 Å². The van der Waals surface area contributed by atoms with Gasteiger partial charge >= 0.3 is 11.6 Å². The number of nitrogens with one attached hydrogen (secondary N) is 1. The Labute approximate surface area is 154 Å². The number of halogens is 1. The van der Waals surface area contributed by atoms with E-state index in [0.717, 1.165) is 0 Å². The average molecular weight is 375 g/mol. The van der Waals surface area contributed by atoms with E-state index in [1.807, 2.05) is 0 Å². The molecule has 0 bridgehead atoms. The molecule has 0 saturated carbocycles. The maximum absolute atomic E-state index is 12.3. The van der Waals surface area contributed by atoms with E-state index in [4.69, 9.17) is 21.1 Å². The number of para-hydroxylation sites is 1. The third kappa shape index (κ3) is 4.43. The van der Waals surface area contributed by atoms with E-state index in [1.54, 1.807) is 24.3 Å². The van der Waals surface area contributed by atoms with Crippen LogP contribution in [0.5, 0.6) is 11.5 Å². The number of rotatable bonds is 7. The van der Waals surface area contributed by atoms with E-state index in [2.05, 4.69) is 5.32 Å². The number of methoxy groups -OCH3 is 1. The van der Waals surface area contributed by atoms with Crippen molar-refractivity contribution in [1.82, 2.24) is 5.32 Å². The summed E-state index contributed by atoms with van der Waals surface area (Å²) < 4.78 is 10.4. The Bertz CT molecular complexity index is 850. The van der Waals surface area contributed by atoms with Gasteiger partial charge in [-0.3, -0.25) is 4.79 Å². The molecule has 1 atom stereocenters. The first kappa shape index (κ1) is 19.1. The van der Waals surface area contributed by atoms with Gasteiger partial charge in [-0.1, -0.05) is 29.8 Å². The van der Waals surface area contributed by atoms with Crippen molar-refractivity contribution in [3.63, 3.8) is 0 Å². The predicted molar refractivity (Wildman–Crippen MR) is 93.4 cm³/mol. The number of amides is 1. The zero-order valence-electron chi connectivity index (χ0n) is 13.7. The van der Waals surface area contributed by atoms with E-state index in [1.165, 1.54) is 37.4 Å². The van der Waals surface area contributed by atoms with Crippen molar-refractivity contribution in [3.05, 3.63) is 59.1 Å². The van der Waals surface area contributed by atoms with E-state index in [-0.39, 0.29) is 16.3 Å². The summed E-state index contributed by atoms with van der Waals surface area (Å²) in [6.45, 7) is -0.568. The predicted octanol–water partition coefficient (Wildman–Crippen LogP) is 2.50. The lowest BCUT2D eigenvalue weighted by Crippen LogP contribution is -2.52. The smallest absolute Gasteiger partial charge is 0.365 e. The summed E-state index contributed by atoms with van der Waals surface area (Å²) in [5.41, 5.74) is -2.12. The van der Waals surface area contributed by atoms with Crippen molar-refractivity contribution >= 4 is 23.5 Å². The molecule has 0 aliphatic heterocycles. The summed E-state index contributed by atoms with van der Waals surface area (Å²) >= 11 is 5.92. The molecular formula is C18H15ClN2O5. The molecule has 0 spiro atoms. The molecule has 0 aliphatic rings. The van der Waals surface area contributed by atoms with Gasteiger partial charge in [-0.05, 0) is 30.3 Å². The van der Waals surface area contributed by atoms with Gasteiger partial charge in [-0.2, -0.15) is 5.26 Å². The van der Waals surface area contributed by atoms with Crippen LogP contribution in [0.4, 0.5) is 0 Å². The van der Waals surface area contributed by atoms with Crippen molar-refractivity contribution < 1.29 is 24.2 Å². The SMILES string of the molecule is COc1cc(Cl)cc(C(=O)NC[C@@](C#N)(Oc2ccccc2)C(=O)O)c1. The van der Waals surface area contributed by atoms with Crippen molar-refractivity contribution in [2.45, 2.75) is 5.60 Å². The number of carboxylic acid groups (broad SMARTS) is 1. The maximum Gasteiger partial charge on any atom is 0.365 e. The Morgan fingerprint density at radius 3 is 2.50 bits per heavy atom. The molecule has 26 heavy (non-hydrogen) atoms. The molecule has 8 heteroatoms. The van der Waals surface area contributed by atoms with Crippen LogP contribution in [-0.2, 0) is 4.79 Å². The summed E-state index contributed by atoms with van der Waals surface area (Å²) in [5, 5.41) is 21.5. The highest BCUT2D eigenvalue weighted by atomic mass is 35.5. The molecular weight excluding hydrogens is 360 g/mol. The van der Waals surface area contributed by atoms with Crippen LogP contribution in [0.15, 0.2) is 48.5 Å². The van der Waals surface area contributed by atoms with E-state index >= 15 is 0 Å². The minimum absolute atomic E-state index is 0.159. The fraction of sp³-hybridized carbons (Fsp3) is 0.167. The number of hydrogen-bond acceptors (Lipinski definition) is 5. The van der Waals surface area contributed by atoms with Crippen LogP contribution in [0, 0.1) is 11.3 Å². The number of aliphatic carboxylic acids is 1. The van der Waals surface area contributed by atoms with E-state index in [9.17, 15) is 20.0 Å². The van der Waals surface area contributed by atoms with E-state index in [0.29, 0.717) is 5.75 Å². The molecule has 2 aromatic rings. The molecule has 2 aromatic carbocycles. The molecule has 2 rings (SSSR count). The van der Waals surface area contributed by atoms with Gasteiger partial charge in [0, 0.05) is 10.6 Å². The standard InChI is InChI=1S/C18H15ClN2O5/c1-25-15-8-12(7-13(19)9-15)16(22)21-11-18(10-20,17(23)24)26-14-5-3-2-4-6-14/h2-9H,11H2,1H3,(H,21,22)(H,23,24)/t18-/m1/s1. The summed E-state index contributed by atoms with van der Waals surface area (Å²) in [5.74, 6) is -1.58. The van der Waals surface area contributed by atoms with E-state index < -0.39 is 24.0 Å². The van der Waals surface area contributed by atoms with Crippen LogP contribution in [0.25, 0.3) is 0 Å². The monoisotopic (exact) mass is 374 g/mol. The third-order valence-corrected chi connectivity index (χ3v) is 3.65. The zero-order valence-corrected chi connectivity index (χ0v) is 14.5. The normalized spacial score (nSPS) is 12.3. The van der Waals surface area contributed by atoms with Gasteiger partial charge in [-0.15, -0.1) is 0 Å². The highest BCUT2D eigenvalue weighted by molar-refractivity contribution is 6.31. The first-order valence-corrected chi connectivity index (χ1v) is 7.79. The summed E-state index contributed by atoms with van der Waals surface area (Å²) in [7, 11) is 1.42. The highest BCUT2D eigenvalue weighted by Crippen LogP contribution is 2.21. The molecule has 2 N–H and O–H groups in total. The van der Waals surface area contributed by atoms with Crippen LogP contribution in [0.2, 0.25) is 5.02 Å². The highest BCUT2D eigenvalue weighted by Gasteiger charge is 2.42. The molecule has 0 aromatic heterocycles. The van der Waals surface area contributed by atoms with Crippen LogP contribution in [0.3, 0.4) is 0 Å². The summed E-state index contributed by atoms with van der Waals surface area (Å²) in [6, 6.07) is 14.0. The van der Waals surface area contributed by atoms with Gasteiger partial charge in [0.25, 0.3) is 5.91 Å². The van der Waals surface area contributed by atoms with Gasteiger partial charge in [0.1, 0.15) is 17.6 Å². The maximum atomic E-state index is 12.3. The number of ether oxygens (including phenoxy) is 2. The number of carboxylic acids is 1. The Hall–Kier alpha value is -3.24. The van der Waals surface area contributed by atoms with Gasteiger partial charge in [0.2, 0.25) is 0 Å². The summed E-state index contributed by atoms with van der Waals surface area (Å²) in [4.78, 5) is 23.9. The second-order valence-electron chi connectivity index (χ2n) is 5.22. The fourth-order valence-electron chi connectivity index (χ4n) is 2.07. The van der Waals surface area contributed by atoms with Crippen molar-refractivity contribution in [3.8, 4) is 17.6 Å². The lowest BCUT2D eigenvalue weighted by atomic mass is 10.1. The number of benzene rings is 2. The fourth-order valence-corrected chi connectivity index (χ4v) is 2.30. The molecule has 0 heterocycles. The molecule has 7 nitrogen and oxygen atoms in total. The zero-order chi connectivity index (χ0) is 19.2. The molecule has 0 fully saturated rings. The topological polar surface area (TPSA) is 109 Å². The second-order valence-corrected chi connectivity index (χ2v) is 5.66. The molecule has 1 amide bonds. The largest absolute Gasteiger partial charge is 0.497 e. The lowest BCUT2D eigenvalue weighted by molar-refractivity contribution is -0.149. The number of nitrogens with zero attached hydrogens (tertiary/aromatic N) is 1. The summed E-state index contributed by atoms with van der Waals surface area (Å²) in [6.07, 6.45) is 0. The van der Waals surface area contributed by atoms with Crippen molar-refractivity contribution in [2.75, 3.05) is 13.7 Å². The quantitative estimate of drug-likeness (QED) is 0.770. The number of hydrogen-bond donors (Lipinski definition) is 2. The Morgan fingerprint density at radius 2 is 1.92 bits per heavy atom. The minimum Gasteiger partial charge on any atom is -0.497 e. The number of carbonyl (C=O) groups excluding carboxylic acids is 1. The van der Waals surface area contributed by atoms with Gasteiger partial charge in [0.05, 0.1) is 13.7 Å². The van der Waals surface area contributed by atoms with Crippen molar-refractivity contribution in [1.29, 1.82) is 5.26 Å². The minimum atomic E-state index is -2.28. The molecule has 0 saturated heterocycles. The lowest BCUT2D eigenvalue weighted by Gasteiger charge is -2.23. The first-order chi connectivity index (χ1) is 12.4. The van der Waals surface area contributed by atoms with Gasteiger partial charge in [-0.25, -0.2) is 4.79 Å². The molecule has 0 radical (unpaired) electrons. The number of nitriles is 1. The van der Waals surface area contributed by atoms with Gasteiger partial charge < -0.3 is 19.9 Å².